The van der Waals surface area contributed by atoms with Crippen LogP contribution >= 0.6 is 0 Å². The first kappa shape index (κ1) is 10.8. The molecule has 0 spiro atoms. The molecular formula is C12H15O2. The topological polar surface area (TPSA) is 26.3 Å². The van der Waals surface area contributed by atoms with Gasteiger partial charge in [-0.3, -0.25) is 4.79 Å². The molecule has 0 N–H and O–H groups in total. The maximum absolute atomic E-state index is 11.2. The Kier molecular flexibility index (Phi) is 4.17. The molecule has 0 aliphatic carbocycles. The molecule has 0 bridgehead atoms. The lowest BCUT2D eigenvalue weighted by atomic mass is 10.1. The van der Waals surface area contributed by atoms with Crippen molar-refractivity contribution in [2.24, 2.45) is 0 Å². The van der Waals surface area contributed by atoms with Crippen molar-refractivity contribution in [2.45, 2.75) is 20.3 Å². The molecule has 0 unspecified atom stereocenters. The van der Waals surface area contributed by atoms with Gasteiger partial charge in [0.1, 0.15) is 0 Å². The standard InChI is InChI=1S/C12H15O2/c1-3-8-14-12(13)9-11-7-5-4-6-10(11)2/h4-7,9H,3,8H2,1-2H3. The van der Waals surface area contributed by atoms with Crippen LogP contribution in [0.2, 0.25) is 0 Å². The van der Waals surface area contributed by atoms with E-state index in [1.165, 1.54) is 6.42 Å². The Morgan fingerprint density at radius 2 is 2.14 bits per heavy atom. The average molecular weight is 191 g/mol. The average Bonchev–Trinajstić information content (AvgIpc) is 2.18. The molecule has 0 aliphatic heterocycles. The normalized spacial score (nSPS) is 9.86. The Hall–Kier alpha value is -1.31. The lowest BCUT2D eigenvalue weighted by molar-refractivity contribution is -0.139. The van der Waals surface area contributed by atoms with Gasteiger partial charge in [0.15, 0.2) is 0 Å². The van der Waals surface area contributed by atoms with Crippen LogP contribution < -0.4 is 0 Å². The third-order valence-electron chi connectivity index (χ3n) is 1.91. The van der Waals surface area contributed by atoms with E-state index in [1.807, 2.05) is 38.1 Å². The predicted molar refractivity (Wildman–Crippen MR) is 55.8 cm³/mol. The predicted octanol–water partition coefficient (Wildman–Crippen LogP) is 2.50. The van der Waals surface area contributed by atoms with Gasteiger partial charge in [-0.25, -0.2) is 0 Å². The van der Waals surface area contributed by atoms with Gasteiger partial charge in [0, 0.05) is 0 Å². The summed E-state index contributed by atoms with van der Waals surface area (Å²) >= 11 is 0. The summed E-state index contributed by atoms with van der Waals surface area (Å²) in [5.41, 5.74) is 2.01. The molecule has 0 atom stereocenters. The zero-order valence-electron chi connectivity index (χ0n) is 8.62. The molecule has 0 aromatic heterocycles. The Bertz CT molecular complexity index is 305. The van der Waals surface area contributed by atoms with Gasteiger partial charge < -0.3 is 4.74 Å². The number of aryl methyl sites for hydroxylation is 1. The van der Waals surface area contributed by atoms with Crippen LogP contribution in [-0.4, -0.2) is 12.6 Å². The molecule has 1 aromatic rings. The fourth-order valence-electron chi connectivity index (χ4n) is 1.12. The van der Waals surface area contributed by atoms with Crippen molar-refractivity contribution in [3.05, 3.63) is 41.8 Å². The first-order chi connectivity index (χ1) is 6.74. The van der Waals surface area contributed by atoms with Crippen molar-refractivity contribution in [2.75, 3.05) is 6.61 Å². The van der Waals surface area contributed by atoms with E-state index < -0.39 is 0 Å². The van der Waals surface area contributed by atoms with Crippen LogP contribution in [0.25, 0.3) is 0 Å². The summed E-state index contributed by atoms with van der Waals surface area (Å²) in [6.07, 6.45) is 2.39. The Labute approximate surface area is 84.9 Å². The monoisotopic (exact) mass is 191 g/mol. The second kappa shape index (κ2) is 5.43. The maximum atomic E-state index is 11.2. The summed E-state index contributed by atoms with van der Waals surface area (Å²) in [4.78, 5) is 11.2. The quantitative estimate of drug-likeness (QED) is 0.683. The zero-order valence-corrected chi connectivity index (χ0v) is 8.62. The molecule has 1 rings (SSSR count). The molecule has 0 saturated heterocycles. The minimum Gasteiger partial charge on any atom is -0.465 e. The van der Waals surface area contributed by atoms with Crippen molar-refractivity contribution in [3.63, 3.8) is 0 Å². The zero-order chi connectivity index (χ0) is 10.4. The van der Waals surface area contributed by atoms with Gasteiger partial charge in [0.2, 0.25) is 0 Å². The fourth-order valence-corrected chi connectivity index (χ4v) is 1.12. The summed E-state index contributed by atoms with van der Waals surface area (Å²) in [5, 5.41) is 0. The third kappa shape index (κ3) is 3.21. The minimum atomic E-state index is -0.263. The Morgan fingerprint density at radius 3 is 2.79 bits per heavy atom. The van der Waals surface area contributed by atoms with E-state index in [2.05, 4.69) is 0 Å². The first-order valence-electron chi connectivity index (χ1n) is 4.81. The van der Waals surface area contributed by atoms with Crippen LogP contribution in [0.4, 0.5) is 0 Å². The van der Waals surface area contributed by atoms with E-state index in [1.54, 1.807) is 0 Å². The second-order valence-electron chi connectivity index (χ2n) is 3.17. The summed E-state index contributed by atoms with van der Waals surface area (Å²) < 4.78 is 4.96. The van der Waals surface area contributed by atoms with E-state index in [-0.39, 0.29) is 5.97 Å². The number of hydrogen-bond donors (Lipinski definition) is 0. The molecule has 2 nitrogen and oxygen atoms in total. The molecule has 14 heavy (non-hydrogen) atoms. The number of carbonyl (C=O) groups is 1. The molecular weight excluding hydrogens is 176 g/mol. The van der Waals surface area contributed by atoms with E-state index in [4.69, 9.17) is 4.74 Å². The number of benzene rings is 1. The molecule has 1 aromatic carbocycles. The lowest BCUT2D eigenvalue weighted by Crippen LogP contribution is -2.07. The number of rotatable bonds is 4. The maximum Gasteiger partial charge on any atom is 0.314 e. The summed E-state index contributed by atoms with van der Waals surface area (Å²) in [5.74, 6) is -0.263. The molecule has 0 amide bonds. The summed E-state index contributed by atoms with van der Waals surface area (Å²) in [6, 6.07) is 7.73. The fraction of sp³-hybridized carbons (Fsp3) is 0.333. The summed E-state index contributed by atoms with van der Waals surface area (Å²) in [6.45, 7) is 4.43. The Balaban J connectivity index is 2.52. The third-order valence-corrected chi connectivity index (χ3v) is 1.91. The van der Waals surface area contributed by atoms with Gasteiger partial charge in [-0.05, 0) is 24.5 Å². The molecule has 2 heteroatoms. The van der Waals surface area contributed by atoms with E-state index >= 15 is 0 Å². The molecule has 0 heterocycles. The lowest BCUT2D eigenvalue weighted by Gasteiger charge is -2.04. The minimum absolute atomic E-state index is 0.263. The molecule has 0 aliphatic rings. The number of carbonyl (C=O) groups excluding carboxylic acids is 1. The highest BCUT2D eigenvalue weighted by atomic mass is 16.5. The first-order valence-corrected chi connectivity index (χ1v) is 4.81. The molecule has 1 radical (unpaired) electrons. The van der Waals surface area contributed by atoms with Gasteiger partial charge in [0.25, 0.3) is 0 Å². The van der Waals surface area contributed by atoms with Crippen LogP contribution in [0.1, 0.15) is 24.5 Å². The highest BCUT2D eigenvalue weighted by molar-refractivity contribution is 5.83. The van der Waals surface area contributed by atoms with Crippen LogP contribution in [0.15, 0.2) is 24.3 Å². The van der Waals surface area contributed by atoms with Crippen molar-refractivity contribution < 1.29 is 9.53 Å². The van der Waals surface area contributed by atoms with Crippen LogP contribution in [0, 0.1) is 13.3 Å². The van der Waals surface area contributed by atoms with Crippen LogP contribution in [0.3, 0.4) is 0 Å². The van der Waals surface area contributed by atoms with E-state index in [0.29, 0.717) is 6.61 Å². The highest BCUT2D eigenvalue weighted by Gasteiger charge is 2.06. The van der Waals surface area contributed by atoms with Gasteiger partial charge in [0.05, 0.1) is 13.0 Å². The number of ether oxygens (including phenoxy) is 1. The van der Waals surface area contributed by atoms with Gasteiger partial charge in [-0.2, -0.15) is 0 Å². The number of hydrogen-bond acceptors (Lipinski definition) is 2. The number of esters is 1. The van der Waals surface area contributed by atoms with Crippen molar-refractivity contribution in [1.29, 1.82) is 0 Å². The second-order valence-corrected chi connectivity index (χ2v) is 3.17. The van der Waals surface area contributed by atoms with Gasteiger partial charge in [-0.1, -0.05) is 31.2 Å². The van der Waals surface area contributed by atoms with Crippen LogP contribution in [-0.2, 0) is 9.53 Å². The largest absolute Gasteiger partial charge is 0.465 e. The highest BCUT2D eigenvalue weighted by Crippen LogP contribution is 2.09. The van der Waals surface area contributed by atoms with Crippen LogP contribution in [0.5, 0.6) is 0 Å². The molecule has 0 saturated carbocycles. The van der Waals surface area contributed by atoms with E-state index in [0.717, 1.165) is 17.5 Å². The van der Waals surface area contributed by atoms with E-state index in [9.17, 15) is 4.79 Å². The molecule has 0 fully saturated rings. The summed E-state index contributed by atoms with van der Waals surface area (Å²) in [7, 11) is 0. The Morgan fingerprint density at radius 1 is 1.43 bits per heavy atom. The van der Waals surface area contributed by atoms with Gasteiger partial charge in [-0.15, -0.1) is 0 Å². The smallest absolute Gasteiger partial charge is 0.314 e. The van der Waals surface area contributed by atoms with Crippen molar-refractivity contribution in [1.82, 2.24) is 0 Å². The molecule has 75 valence electrons. The van der Waals surface area contributed by atoms with Crippen molar-refractivity contribution >= 4 is 5.97 Å². The van der Waals surface area contributed by atoms with Gasteiger partial charge >= 0.3 is 5.97 Å². The van der Waals surface area contributed by atoms with Crippen molar-refractivity contribution in [3.8, 4) is 0 Å². The SMILES string of the molecule is CCCOC(=O)[CH]c1ccccc1C.